The van der Waals surface area contributed by atoms with Crippen LogP contribution in [0.3, 0.4) is 0 Å². The number of anilines is 2. The zero-order valence-corrected chi connectivity index (χ0v) is 27.0. The Hall–Kier alpha value is -2.43. The van der Waals surface area contributed by atoms with Gasteiger partial charge in [-0.2, -0.15) is 0 Å². The smallest absolute Gasteiger partial charge is 0.152 e. The van der Waals surface area contributed by atoms with E-state index in [-0.39, 0.29) is 17.4 Å². The molecular weight excluding hydrogens is 575 g/mol. The highest BCUT2D eigenvalue weighted by molar-refractivity contribution is 7.18. The van der Waals surface area contributed by atoms with Crippen LogP contribution in [0.15, 0.2) is 36.7 Å². The van der Waals surface area contributed by atoms with E-state index >= 15 is 0 Å². The highest BCUT2D eigenvalue weighted by Gasteiger charge is 2.16. The van der Waals surface area contributed by atoms with E-state index in [0.29, 0.717) is 12.3 Å². The van der Waals surface area contributed by atoms with Gasteiger partial charge in [0.1, 0.15) is 22.8 Å². The lowest BCUT2D eigenvalue weighted by Crippen LogP contribution is -2.29. The predicted octanol–water partition coefficient (Wildman–Crippen LogP) is 7.77. The summed E-state index contributed by atoms with van der Waals surface area (Å²) in [5.74, 6) is 0.463. The molecule has 1 saturated heterocycles. The number of nitrogens with zero attached hydrogens (tertiary/aromatic N) is 3. The molecule has 2 aromatic heterocycles. The van der Waals surface area contributed by atoms with Crippen LogP contribution in [0.25, 0.3) is 10.2 Å². The number of carbonyl (C=O) groups excluding carboxylic acids is 1. The van der Waals surface area contributed by atoms with Crippen LogP contribution in [0.4, 0.5) is 15.9 Å². The van der Waals surface area contributed by atoms with E-state index in [9.17, 15) is 9.18 Å². The fourth-order valence-corrected chi connectivity index (χ4v) is 5.77. The van der Waals surface area contributed by atoms with Gasteiger partial charge in [-0.1, -0.05) is 51.3 Å². The number of aromatic nitrogens is 2. The summed E-state index contributed by atoms with van der Waals surface area (Å²) in [7, 11) is 0. The Morgan fingerprint density at radius 2 is 1.93 bits per heavy atom. The quantitative estimate of drug-likeness (QED) is 0.158. The second kappa shape index (κ2) is 20.5. The maximum Gasteiger partial charge on any atom is 0.152 e. The average Bonchev–Trinajstić information content (AvgIpc) is 3.35. The summed E-state index contributed by atoms with van der Waals surface area (Å²) in [5.41, 5.74) is 2.02. The molecule has 1 aliphatic heterocycles. The number of aliphatic hydroxyl groups is 1. The molecule has 0 atom stereocenters. The van der Waals surface area contributed by atoms with E-state index in [1.807, 2.05) is 13.0 Å². The third-order valence-electron chi connectivity index (χ3n) is 6.42. The van der Waals surface area contributed by atoms with Crippen molar-refractivity contribution in [2.24, 2.45) is 0 Å². The maximum absolute atomic E-state index is 13.3. The van der Waals surface area contributed by atoms with Crippen molar-refractivity contribution in [3.8, 4) is 0 Å². The minimum absolute atomic E-state index is 0.0913. The van der Waals surface area contributed by atoms with Gasteiger partial charge in [0.25, 0.3) is 0 Å². The number of likely N-dealkylation sites (tertiary alicyclic amines) is 1. The summed E-state index contributed by atoms with van der Waals surface area (Å²) >= 11 is 7.58. The minimum atomic E-state index is -0.430. The molecule has 3 heterocycles. The van der Waals surface area contributed by atoms with Crippen LogP contribution in [-0.2, 0) is 22.4 Å². The number of nitrogens with one attached hydrogen (secondary N) is 1. The summed E-state index contributed by atoms with van der Waals surface area (Å²) in [6.07, 6.45) is 13.3. The van der Waals surface area contributed by atoms with Gasteiger partial charge in [0.2, 0.25) is 0 Å². The number of carbonyl (C=O) groups is 1. The topological polar surface area (TPSA) is 87.6 Å². The number of benzene rings is 1. The number of hydrogen-bond acceptors (Lipinski definition) is 8. The number of allylic oxidation sites excluding steroid dienone is 1. The van der Waals surface area contributed by atoms with Gasteiger partial charge in [-0.05, 0) is 82.0 Å². The zero-order chi connectivity index (χ0) is 30.7. The van der Waals surface area contributed by atoms with E-state index in [4.69, 9.17) is 21.4 Å². The van der Waals surface area contributed by atoms with E-state index in [2.05, 4.69) is 34.0 Å². The molecule has 1 fully saturated rings. The Morgan fingerprint density at radius 1 is 1.17 bits per heavy atom. The number of ether oxygens (including phenoxy) is 1. The number of ketones is 1. The molecule has 0 unspecified atom stereocenters. The van der Waals surface area contributed by atoms with Crippen molar-refractivity contribution < 1.29 is 19.0 Å². The maximum atomic E-state index is 13.3. The normalized spacial score (nSPS) is 13.4. The second-order valence-corrected chi connectivity index (χ2v) is 11.5. The molecule has 0 amide bonds. The van der Waals surface area contributed by atoms with Crippen LogP contribution in [-0.4, -0.2) is 65.2 Å². The Kier molecular flexibility index (Phi) is 17.4. The first-order valence-electron chi connectivity index (χ1n) is 14.9. The van der Waals surface area contributed by atoms with Crippen molar-refractivity contribution in [3.63, 3.8) is 0 Å². The molecule has 232 valence electrons. The van der Waals surface area contributed by atoms with Crippen LogP contribution < -0.4 is 5.32 Å². The van der Waals surface area contributed by atoms with Crippen molar-refractivity contribution in [1.82, 2.24) is 14.9 Å². The lowest BCUT2D eigenvalue weighted by atomic mass is 10.1. The lowest BCUT2D eigenvalue weighted by Gasteiger charge is -2.24. The first-order valence-corrected chi connectivity index (χ1v) is 16.1. The van der Waals surface area contributed by atoms with Crippen molar-refractivity contribution in [2.45, 2.75) is 72.6 Å². The van der Waals surface area contributed by atoms with Crippen molar-refractivity contribution in [2.75, 3.05) is 44.8 Å². The summed E-state index contributed by atoms with van der Waals surface area (Å²) in [6.45, 7) is 12.7. The Bertz CT molecular complexity index is 1240. The van der Waals surface area contributed by atoms with E-state index in [0.717, 1.165) is 54.9 Å². The summed E-state index contributed by atoms with van der Waals surface area (Å²) < 4.78 is 18.2. The number of piperidine rings is 1. The molecule has 0 radical (unpaired) electrons. The SMILES string of the molecule is CC(=O)/C=C/CN1CCCCC1.CCCOCCO.CCCc1c(CC)sc2ncnc(Nc3ccc(F)c(Cl)c3)c12. The summed E-state index contributed by atoms with van der Waals surface area (Å²) in [6, 6.07) is 4.57. The fraction of sp³-hybridized carbons (Fsp3) is 0.531. The van der Waals surface area contributed by atoms with Crippen LogP contribution in [0, 0.1) is 5.82 Å². The average molecular weight is 621 g/mol. The first kappa shape index (κ1) is 35.8. The second-order valence-electron chi connectivity index (χ2n) is 9.97. The van der Waals surface area contributed by atoms with Crippen LogP contribution in [0.5, 0.6) is 0 Å². The number of thiophene rings is 1. The molecule has 3 aromatic rings. The van der Waals surface area contributed by atoms with E-state index in [1.165, 1.54) is 48.9 Å². The van der Waals surface area contributed by atoms with Crippen LogP contribution in [0.2, 0.25) is 5.02 Å². The molecule has 1 aromatic carbocycles. The van der Waals surface area contributed by atoms with Gasteiger partial charge in [0.05, 0.1) is 23.6 Å². The summed E-state index contributed by atoms with van der Waals surface area (Å²) in [4.78, 5) is 24.1. The molecule has 1 aliphatic rings. The number of rotatable bonds is 12. The Balaban J connectivity index is 0.000000271. The van der Waals surface area contributed by atoms with Crippen molar-refractivity contribution in [1.29, 1.82) is 0 Å². The van der Waals surface area contributed by atoms with Gasteiger partial charge in [0, 0.05) is 23.7 Å². The first-order chi connectivity index (χ1) is 20.3. The van der Waals surface area contributed by atoms with Gasteiger partial charge in [-0.15, -0.1) is 11.3 Å². The van der Waals surface area contributed by atoms with Gasteiger partial charge < -0.3 is 15.2 Å². The van der Waals surface area contributed by atoms with Gasteiger partial charge in [-0.25, -0.2) is 14.4 Å². The molecule has 2 N–H and O–H groups in total. The Labute approximate surface area is 259 Å². The highest BCUT2D eigenvalue weighted by atomic mass is 35.5. The summed E-state index contributed by atoms with van der Waals surface area (Å²) in [5, 5.41) is 12.6. The molecule has 0 saturated carbocycles. The highest BCUT2D eigenvalue weighted by Crippen LogP contribution is 2.36. The van der Waals surface area contributed by atoms with Crippen molar-refractivity contribution in [3.05, 3.63) is 58.0 Å². The van der Waals surface area contributed by atoms with Gasteiger partial charge in [-0.3, -0.25) is 9.69 Å². The van der Waals surface area contributed by atoms with Crippen molar-refractivity contribution >= 4 is 50.4 Å². The molecular formula is C32H46ClFN4O3S. The molecule has 10 heteroatoms. The van der Waals surface area contributed by atoms with E-state index in [1.54, 1.807) is 42.8 Å². The molecule has 0 bridgehead atoms. The largest absolute Gasteiger partial charge is 0.394 e. The number of aliphatic hydroxyl groups excluding tert-OH is 1. The lowest BCUT2D eigenvalue weighted by molar-refractivity contribution is -0.112. The molecule has 0 spiro atoms. The number of halogens is 2. The predicted molar refractivity (Wildman–Crippen MR) is 174 cm³/mol. The fourth-order valence-electron chi connectivity index (χ4n) is 4.46. The number of hydrogen-bond donors (Lipinski definition) is 2. The van der Waals surface area contributed by atoms with Crippen LogP contribution in [0.1, 0.15) is 70.2 Å². The number of aryl methyl sites for hydroxylation is 2. The Morgan fingerprint density at radius 3 is 2.55 bits per heavy atom. The minimum Gasteiger partial charge on any atom is -0.394 e. The molecule has 42 heavy (non-hydrogen) atoms. The zero-order valence-electron chi connectivity index (χ0n) is 25.4. The van der Waals surface area contributed by atoms with Crippen LogP contribution >= 0.6 is 22.9 Å². The monoisotopic (exact) mass is 620 g/mol. The molecule has 7 nitrogen and oxygen atoms in total. The number of fused-ring (bicyclic) bond motifs is 1. The van der Waals surface area contributed by atoms with E-state index < -0.39 is 5.82 Å². The van der Waals surface area contributed by atoms with Gasteiger partial charge >= 0.3 is 0 Å². The van der Waals surface area contributed by atoms with Gasteiger partial charge in [0.15, 0.2) is 5.78 Å². The third kappa shape index (κ3) is 12.4. The third-order valence-corrected chi connectivity index (χ3v) is 8.00. The molecule has 4 rings (SSSR count). The standard InChI is InChI=1S/C17H17ClFN3S.C10H17NO.C5H12O2/c1-3-5-11-14(4-2)23-17-15(11)16(20-9-21-17)22-10-6-7-13(19)12(18)8-10;1-10(12)6-5-9-11-7-3-2-4-8-11;1-2-4-7-5-3-6/h6-9H,3-5H2,1-2H3,(H,20,21,22);5-6H,2-4,7-9H2,1H3;6H,2-5H2,1H3/b;6-5+;. The molecule has 0 aliphatic carbocycles.